The molecule has 2 aromatic carbocycles. The van der Waals surface area contributed by atoms with Crippen molar-refractivity contribution in [2.45, 2.75) is 34.6 Å². The number of esters is 1. The molecule has 0 spiro atoms. The van der Waals surface area contributed by atoms with E-state index in [4.69, 9.17) is 4.74 Å². The first-order valence-corrected chi connectivity index (χ1v) is 10.9. The number of amides is 1. The van der Waals surface area contributed by atoms with Gasteiger partial charge in [0.25, 0.3) is 5.91 Å². The molecular formula is C28H28N2O3. The lowest BCUT2D eigenvalue weighted by atomic mass is 10.0. The number of anilines is 1. The Labute approximate surface area is 194 Å². The number of carbonyl (C=O) groups is 2. The standard InChI is InChI=1S/C28H28N2O3/c1-17-12-18(2)14-24(13-17)29-19(3)15-22(20(29)4)16-25-26(28(32)33-6)21(5)30(27(25)31)23-10-8-7-9-11-23/h7-16H,1-6H3/b25-16-. The third-order valence-corrected chi connectivity index (χ3v) is 6.04. The van der Waals surface area contributed by atoms with E-state index in [0.29, 0.717) is 22.5 Å². The fraction of sp³-hybridized carbons (Fsp3) is 0.214. The molecule has 1 aromatic heterocycles. The van der Waals surface area contributed by atoms with E-state index in [1.54, 1.807) is 11.8 Å². The molecule has 3 aromatic rings. The lowest BCUT2D eigenvalue weighted by molar-refractivity contribution is -0.136. The fourth-order valence-electron chi connectivity index (χ4n) is 4.63. The largest absolute Gasteiger partial charge is 0.465 e. The van der Waals surface area contributed by atoms with Gasteiger partial charge in [0.1, 0.15) is 0 Å². The zero-order valence-corrected chi connectivity index (χ0v) is 19.9. The molecule has 1 amide bonds. The SMILES string of the molecule is COC(=O)C1=C(C)N(c2ccccc2)C(=O)/C1=C\c1cc(C)n(-c2cc(C)cc(C)c2)c1C. The molecule has 0 radical (unpaired) electrons. The van der Waals surface area contributed by atoms with Crippen LogP contribution in [0.3, 0.4) is 0 Å². The highest BCUT2D eigenvalue weighted by molar-refractivity contribution is 6.23. The summed E-state index contributed by atoms with van der Waals surface area (Å²) in [4.78, 5) is 27.8. The molecular weight excluding hydrogens is 412 g/mol. The highest BCUT2D eigenvalue weighted by atomic mass is 16.5. The van der Waals surface area contributed by atoms with Crippen molar-refractivity contribution < 1.29 is 14.3 Å². The van der Waals surface area contributed by atoms with Gasteiger partial charge in [0.2, 0.25) is 0 Å². The molecule has 0 saturated heterocycles. The minimum Gasteiger partial charge on any atom is -0.465 e. The Morgan fingerprint density at radius 2 is 1.52 bits per heavy atom. The van der Waals surface area contributed by atoms with Crippen LogP contribution in [0.2, 0.25) is 0 Å². The summed E-state index contributed by atoms with van der Waals surface area (Å²) in [5.41, 5.74) is 8.30. The highest BCUT2D eigenvalue weighted by Crippen LogP contribution is 2.36. The van der Waals surface area contributed by atoms with E-state index >= 15 is 0 Å². The Bertz CT molecular complexity index is 1310. The van der Waals surface area contributed by atoms with Gasteiger partial charge < -0.3 is 9.30 Å². The smallest absolute Gasteiger partial charge is 0.340 e. The van der Waals surface area contributed by atoms with Crippen LogP contribution in [-0.2, 0) is 14.3 Å². The second kappa shape index (κ2) is 8.58. The normalized spacial score (nSPS) is 15.0. The monoisotopic (exact) mass is 440 g/mol. The number of ether oxygens (including phenoxy) is 1. The van der Waals surface area contributed by atoms with Gasteiger partial charge in [0.15, 0.2) is 0 Å². The molecule has 5 nitrogen and oxygen atoms in total. The number of aryl methyl sites for hydroxylation is 3. The van der Waals surface area contributed by atoms with Crippen molar-refractivity contribution in [3.63, 3.8) is 0 Å². The van der Waals surface area contributed by atoms with Crippen molar-refractivity contribution in [1.82, 2.24) is 4.57 Å². The van der Waals surface area contributed by atoms with Gasteiger partial charge in [-0.05, 0) is 87.7 Å². The van der Waals surface area contributed by atoms with E-state index in [2.05, 4.69) is 36.6 Å². The van der Waals surface area contributed by atoms with Gasteiger partial charge in [0, 0.05) is 28.5 Å². The van der Waals surface area contributed by atoms with Gasteiger partial charge in [0.05, 0.1) is 18.3 Å². The predicted molar refractivity (Wildman–Crippen MR) is 131 cm³/mol. The van der Waals surface area contributed by atoms with E-state index in [9.17, 15) is 9.59 Å². The van der Waals surface area contributed by atoms with Crippen molar-refractivity contribution >= 4 is 23.6 Å². The summed E-state index contributed by atoms with van der Waals surface area (Å²) >= 11 is 0. The molecule has 0 atom stereocenters. The number of allylic oxidation sites excluding steroid dienone is 1. The number of hydrogen-bond donors (Lipinski definition) is 0. The number of nitrogens with zero attached hydrogens (tertiary/aromatic N) is 2. The Morgan fingerprint density at radius 1 is 0.879 bits per heavy atom. The molecule has 1 aliphatic heterocycles. The first-order chi connectivity index (χ1) is 15.7. The van der Waals surface area contributed by atoms with Crippen LogP contribution in [-0.4, -0.2) is 23.6 Å². The van der Waals surface area contributed by atoms with Crippen LogP contribution < -0.4 is 4.90 Å². The third-order valence-electron chi connectivity index (χ3n) is 6.04. The second-order valence-corrected chi connectivity index (χ2v) is 8.49. The number of methoxy groups -OCH3 is 1. The molecule has 5 heteroatoms. The first-order valence-electron chi connectivity index (χ1n) is 10.9. The Balaban J connectivity index is 1.86. The van der Waals surface area contributed by atoms with Gasteiger partial charge in [-0.3, -0.25) is 9.69 Å². The van der Waals surface area contributed by atoms with Crippen LogP contribution in [0, 0.1) is 27.7 Å². The maximum absolute atomic E-state index is 13.5. The molecule has 0 bridgehead atoms. The molecule has 33 heavy (non-hydrogen) atoms. The highest BCUT2D eigenvalue weighted by Gasteiger charge is 2.38. The molecule has 0 fully saturated rings. The molecule has 1 aliphatic rings. The zero-order valence-electron chi connectivity index (χ0n) is 19.9. The van der Waals surface area contributed by atoms with Crippen LogP contribution in [0.25, 0.3) is 11.8 Å². The van der Waals surface area contributed by atoms with E-state index in [1.807, 2.05) is 56.3 Å². The lowest BCUT2D eigenvalue weighted by Crippen LogP contribution is -2.24. The molecule has 0 unspecified atom stereocenters. The van der Waals surface area contributed by atoms with E-state index < -0.39 is 5.97 Å². The average molecular weight is 441 g/mol. The summed E-state index contributed by atoms with van der Waals surface area (Å²) in [5.74, 6) is -0.760. The maximum atomic E-state index is 13.5. The van der Waals surface area contributed by atoms with E-state index in [1.165, 1.54) is 18.2 Å². The summed E-state index contributed by atoms with van der Waals surface area (Å²) in [6.07, 6.45) is 1.81. The lowest BCUT2D eigenvalue weighted by Gasteiger charge is -2.17. The Morgan fingerprint density at radius 3 is 2.12 bits per heavy atom. The van der Waals surface area contributed by atoms with Gasteiger partial charge in [-0.15, -0.1) is 0 Å². The number of carbonyl (C=O) groups excluding carboxylic acids is 2. The number of benzene rings is 2. The summed E-state index contributed by atoms with van der Waals surface area (Å²) < 4.78 is 7.21. The minimum absolute atomic E-state index is 0.240. The zero-order chi connectivity index (χ0) is 23.9. The Hall–Kier alpha value is -3.86. The van der Waals surface area contributed by atoms with E-state index in [0.717, 1.165) is 22.6 Å². The molecule has 2 heterocycles. The van der Waals surface area contributed by atoms with Crippen molar-refractivity contribution in [2.24, 2.45) is 0 Å². The topological polar surface area (TPSA) is 51.5 Å². The summed E-state index contributed by atoms with van der Waals surface area (Å²) in [6, 6.07) is 17.8. The van der Waals surface area contributed by atoms with Gasteiger partial charge in [-0.25, -0.2) is 4.79 Å². The van der Waals surface area contributed by atoms with Gasteiger partial charge in [-0.2, -0.15) is 0 Å². The number of para-hydroxylation sites is 1. The summed E-state index contributed by atoms with van der Waals surface area (Å²) in [7, 11) is 1.34. The fourth-order valence-corrected chi connectivity index (χ4v) is 4.63. The molecule has 0 aliphatic carbocycles. The van der Waals surface area contributed by atoms with Crippen LogP contribution >= 0.6 is 0 Å². The number of hydrogen-bond acceptors (Lipinski definition) is 3. The predicted octanol–water partition coefficient (Wildman–Crippen LogP) is 5.59. The maximum Gasteiger partial charge on any atom is 0.340 e. The molecule has 168 valence electrons. The molecule has 0 N–H and O–H groups in total. The van der Waals surface area contributed by atoms with Crippen molar-refractivity contribution in [3.05, 3.63) is 99.5 Å². The van der Waals surface area contributed by atoms with Crippen molar-refractivity contribution in [2.75, 3.05) is 12.0 Å². The summed E-state index contributed by atoms with van der Waals surface area (Å²) in [5, 5.41) is 0. The summed E-state index contributed by atoms with van der Waals surface area (Å²) in [6.45, 7) is 10.0. The third kappa shape index (κ3) is 3.91. The average Bonchev–Trinajstić information content (AvgIpc) is 3.19. The van der Waals surface area contributed by atoms with Crippen molar-refractivity contribution in [3.8, 4) is 5.69 Å². The second-order valence-electron chi connectivity index (χ2n) is 8.49. The van der Waals surface area contributed by atoms with Gasteiger partial charge in [-0.1, -0.05) is 24.3 Å². The minimum atomic E-state index is -0.520. The first kappa shape index (κ1) is 22.3. The quantitative estimate of drug-likeness (QED) is 0.393. The Kier molecular flexibility index (Phi) is 5.81. The van der Waals surface area contributed by atoms with Crippen molar-refractivity contribution in [1.29, 1.82) is 0 Å². The van der Waals surface area contributed by atoms with Crippen LogP contribution in [0.15, 0.2) is 71.4 Å². The van der Waals surface area contributed by atoms with Crippen LogP contribution in [0.1, 0.15) is 35.0 Å². The molecule has 0 saturated carbocycles. The number of aromatic nitrogens is 1. The van der Waals surface area contributed by atoms with Crippen LogP contribution in [0.4, 0.5) is 5.69 Å². The number of rotatable bonds is 4. The molecule has 4 rings (SSSR count). The van der Waals surface area contributed by atoms with E-state index in [-0.39, 0.29) is 5.91 Å². The van der Waals surface area contributed by atoms with Crippen LogP contribution in [0.5, 0.6) is 0 Å². The van der Waals surface area contributed by atoms with Gasteiger partial charge >= 0.3 is 5.97 Å².